The topological polar surface area (TPSA) is 30.8 Å². The molecule has 58 valence electrons. The lowest BCUT2D eigenvalue weighted by molar-refractivity contribution is -0.0463. The molecule has 0 spiro atoms. The summed E-state index contributed by atoms with van der Waals surface area (Å²) in [6, 6.07) is 0. The van der Waals surface area contributed by atoms with Crippen molar-refractivity contribution in [3.63, 3.8) is 0 Å². The maximum atomic E-state index is 5.30. The molecule has 0 radical (unpaired) electrons. The van der Waals surface area contributed by atoms with Gasteiger partial charge in [-0.1, -0.05) is 0 Å². The van der Waals surface area contributed by atoms with Gasteiger partial charge in [0.2, 0.25) is 0 Å². The molecule has 0 aliphatic carbocycles. The van der Waals surface area contributed by atoms with E-state index in [1.165, 1.54) is 6.40 Å². The Kier molecular flexibility index (Phi) is 1.94. The van der Waals surface area contributed by atoms with Crippen molar-refractivity contribution in [2.75, 3.05) is 6.61 Å². The fourth-order valence-corrected chi connectivity index (χ4v) is 0.861. The Hall–Kier alpha value is -0.570. The third kappa shape index (κ3) is 1.29. The maximum Gasteiger partial charge on any atom is 0.190 e. The number of hydrogen-bond acceptors (Lipinski definition) is 3. The molecule has 0 aromatic carbocycles. The van der Waals surface area contributed by atoms with Crippen LogP contribution in [0.1, 0.15) is 20.8 Å². The first-order valence-corrected chi connectivity index (χ1v) is 3.48. The highest BCUT2D eigenvalue weighted by Crippen LogP contribution is 2.22. The van der Waals surface area contributed by atoms with Crippen LogP contribution in [0.25, 0.3) is 0 Å². The van der Waals surface area contributed by atoms with Gasteiger partial charge in [0.25, 0.3) is 0 Å². The van der Waals surface area contributed by atoms with Crippen LogP contribution in [-0.4, -0.2) is 24.8 Å². The molecule has 10 heavy (non-hydrogen) atoms. The fourth-order valence-electron chi connectivity index (χ4n) is 0.861. The quantitative estimate of drug-likeness (QED) is 0.581. The molecule has 1 atom stereocenters. The van der Waals surface area contributed by atoms with E-state index in [0.717, 1.165) is 0 Å². The Morgan fingerprint density at radius 1 is 1.70 bits per heavy atom. The lowest BCUT2D eigenvalue weighted by Crippen LogP contribution is -2.34. The fraction of sp³-hybridized carbons (Fsp3) is 0.857. The molecule has 1 heterocycles. The van der Waals surface area contributed by atoms with Crippen LogP contribution in [0.15, 0.2) is 4.99 Å². The van der Waals surface area contributed by atoms with Crippen molar-refractivity contribution in [3.05, 3.63) is 0 Å². The SMILES string of the molecule is CCOC1N=COC1(C)C. The molecule has 1 rings (SSSR count). The smallest absolute Gasteiger partial charge is 0.190 e. The summed E-state index contributed by atoms with van der Waals surface area (Å²) < 4.78 is 10.5. The van der Waals surface area contributed by atoms with Crippen LogP contribution in [-0.2, 0) is 9.47 Å². The molecule has 0 aromatic heterocycles. The van der Waals surface area contributed by atoms with Gasteiger partial charge in [-0.25, -0.2) is 4.99 Å². The van der Waals surface area contributed by atoms with Gasteiger partial charge in [0.1, 0.15) is 0 Å². The number of aliphatic imine (C=N–C) groups is 1. The second-order valence-electron chi connectivity index (χ2n) is 2.78. The zero-order valence-electron chi connectivity index (χ0n) is 6.63. The summed E-state index contributed by atoms with van der Waals surface area (Å²) in [5.41, 5.74) is -0.282. The van der Waals surface area contributed by atoms with Crippen molar-refractivity contribution in [1.29, 1.82) is 0 Å². The molecule has 0 amide bonds. The second-order valence-corrected chi connectivity index (χ2v) is 2.78. The molecule has 1 aliphatic heterocycles. The summed E-state index contributed by atoms with van der Waals surface area (Å²) in [5.74, 6) is 0. The highest BCUT2D eigenvalue weighted by Gasteiger charge is 2.34. The van der Waals surface area contributed by atoms with Gasteiger partial charge in [-0.05, 0) is 20.8 Å². The average molecular weight is 143 g/mol. The molecule has 3 heteroatoms. The Bertz CT molecular complexity index is 143. The first-order chi connectivity index (χ1) is 4.67. The molecule has 0 aromatic rings. The number of ether oxygens (including phenoxy) is 2. The predicted octanol–water partition coefficient (Wildman–Crippen LogP) is 1.19. The molecule has 0 saturated heterocycles. The van der Waals surface area contributed by atoms with Crippen molar-refractivity contribution >= 4 is 6.40 Å². The second kappa shape index (κ2) is 2.58. The van der Waals surface area contributed by atoms with Gasteiger partial charge >= 0.3 is 0 Å². The summed E-state index contributed by atoms with van der Waals surface area (Å²) >= 11 is 0. The van der Waals surface area contributed by atoms with Crippen LogP contribution >= 0.6 is 0 Å². The first kappa shape index (κ1) is 7.54. The van der Waals surface area contributed by atoms with Gasteiger partial charge in [0.05, 0.1) is 0 Å². The highest BCUT2D eigenvalue weighted by atomic mass is 16.6. The first-order valence-electron chi connectivity index (χ1n) is 3.48. The van der Waals surface area contributed by atoms with Gasteiger partial charge in [-0.2, -0.15) is 0 Å². The van der Waals surface area contributed by atoms with Crippen LogP contribution in [0.4, 0.5) is 0 Å². The Balaban J connectivity index is 2.50. The summed E-state index contributed by atoms with van der Waals surface area (Å²) in [6.07, 6.45) is 1.33. The zero-order chi connectivity index (χ0) is 7.61. The van der Waals surface area contributed by atoms with E-state index in [9.17, 15) is 0 Å². The molecule has 0 bridgehead atoms. The summed E-state index contributed by atoms with van der Waals surface area (Å²) in [6.45, 7) is 6.54. The summed E-state index contributed by atoms with van der Waals surface area (Å²) in [5, 5.41) is 0. The van der Waals surface area contributed by atoms with Crippen LogP contribution in [0, 0.1) is 0 Å². The average Bonchev–Trinajstić information content (AvgIpc) is 2.13. The molecule has 0 saturated carbocycles. The number of nitrogens with zero attached hydrogens (tertiary/aromatic N) is 1. The van der Waals surface area contributed by atoms with Crippen molar-refractivity contribution in [2.24, 2.45) is 4.99 Å². The van der Waals surface area contributed by atoms with E-state index < -0.39 is 0 Å². The van der Waals surface area contributed by atoms with Gasteiger partial charge in [-0.15, -0.1) is 0 Å². The lowest BCUT2D eigenvalue weighted by Gasteiger charge is -2.23. The summed E-state index contributed by atoms with van der Waals surface area (Å²) in [7, 11) is 0. The minimum absolute atomic E-state index is 0.127. The van der Waals surface area contributed by atoms with Crippen molar-refractivity contribution in [2.45, 2.75) is 32.6 Å². The van der Waals surface area contributed by atoms with Crippen molar-refractivity contribution in [1.82, 2.24) is 0 Å². The third-order valence-electron chi connectivity index (χ3n) is 1.47. The molecule has 1 unspecified atom stereocenters. The van der Waals surface area contributed by atoms with Crippen molar-refractivity contribution < 1.29 is 9.47 Å². The minimum Gasteiger partial charge on any atom is -0.473 e. The normalized spacial score (nSPS) is 28.5. The van der Waals surface area contributed by atoms with Crippen LogP contribution < -0.4 is 0 Å². The molecule has 0 N–H and O–H groups in total. The van der Waals surface area contributed by atoms with Gasteiger partial charge in [0.15, 0.2) is 18.2 Å². The lowest BCUT2D eigenvalue weighted by atomic mass is 10.1. The van der Waals surface area contributed by atoms with E-state index in [1.807, 2.05) is 20.8 Å². The molecular weight excluding hydrogens is 130 g/mol. The predicted molar refractivity (Wildman–Crippen MR) is 39.1 cm³/mol. The van der Waals surface area contributed by atoms with E-state index in [4.69, 9.17) is 9.47 Å². The number of hydrogen-bond donors (Lipinski definition) is 0. The Morgan fingerprint density at radius 2 is 2.40 bits per heavy atom. The summed E-state index contributed by atoms with van der Waals surface area (Å²) in [4.78, 5) is 4.01. The minimum atomic E-state index is -0.282. The maximum absolute atomic E-state index is 5.30. The van der Waals surface area contributed by atoms with Crippen LogP contribution in [0.5, 0.6) is 0 Å². The van der Waals surface area contributed by atoms with Crippen LogP contribution in [0.2, 0.25) is 0 Å². The van der Waals surface area contributed by atoms with Gasteiger partial charge in [0, 0.05) is 6.61 Å². The van der Waals surface area contributed by atoms with Crippen molar-refractivity contribution in [3.8, 4) is 0 Å². The van der Waals surface area contributed by atoms with E-state index >= 15 is 0 Å². The monoisotopic (exact) mass is 143 g/mol. The van der Waals surface area contributed by atoms with Crippen LogP contribution in [0.3, 0.4) is 0 Å². The third-order valence-corrected chi connectivity index (χ3v) is 1.47. The zero-order valence-corrected chi connectivity index (χ0v) is 6.63. The van der Waals surface area contributed by atoms with E-state index in [1.54, 1.807) is 0 Å². The molecular formula is C7H13NO2. The highest BCUT2D eigenvalue weighted by molar-refractivity contribution is 5.50. The number of rotatable bonds is 2. The van der Waals surface area contributed by atoms with E-state index in [-0.39, 0.29) is 11.8 Å². The van der Waals surface area contributed by atoms with Gasteiger partial charge in [-0.3, -0.25) is 0 Å². The van der Waals surface area contributed by atoms with E-state index in [0.29, 0.717) is 6.61 Å². The molecule has 1 aliphatic rings. The largest absolute Gasteiger partial charge is 0.473 e. The van der Waals surface area contributed by atoms with Gasteiger partial charge < -0.3 is 9.47 Å². The Labute approximate surface area is 61.0 Å². The molecule has 0 fully saturated rings. The molecule has 3 nitrogen and oxygen atoms in total. The Morgan fingerprint density at radius 3 is 2.80 bits per heavy atom. The standard InChI is InChI=1S/C7H13NO2/c1-4-9-6-7(2,3)10-5-8-6/h5-6H,4H2,1-3H3. The van der Waals surface area contributed by atoms with E-state index in [2.05, 4.69) is 4.99 Å².